The lowest BCUT2D eigenvalue weighted by Crippen LogP contribution is -2.49. The summed E-state index contributed by atoms with van der Waals surface area (Å²) in [4.78, 5) is 27.4. The van der Waals surface area contributed by atoms with Crippen molar-refractivity contribution in [3.63, 3.8) is 0 Å². The van der Waals surface area contributed by atoms with E-state index in [0.29, 0.717) is 38.4 Å². The van der Waals surface area contributed by atoms with Crippen LogP contribution in [0.4, 0.5) is 23.9 Å². The largest absolute Gasteiger partial charge is 0.454 e. The highest BCUT2D eigenvalue weighted by Gasteiger charge is 2.29. The van der Waals surface area contributed by atoms with E-state index >= 15 is 0 Å². The van der Waals surface area contributed by atoms with Gasteiger partial charge in [0.2, 0.25) is 5.95 Å². The predicted molar refractivity (Wildman–Crippen MR) is 158 cm³/mol. The van der Waals surface area contributed by atoms with Crippen LogP contribution in [0.2, 0.25) is 0 Å². The molecule has 4 rings (SSSR count). The number of nitrogens with one attached hydrogen (secondary N) is 3. The molecular weight excluding hydrogens is 547 g/mol. The highest BCUT2D eigenvalue weighted by molar-refractivity contribution is 5.74. The minimum atomic E-state index is -4.50. The predicted octanol–water partition coefficient (Wildman–Crippen LogP) is 5.93. The molecule has 2 aromatic rings. The van der Waals surface area contributed by atoms with Crippen LogP contribution in [-0.4, -0.2) is 70.4 Å². The molecule has 0 atom stereocenters. The zero-order valence-electron chi connectivity index (χ0n) is 24.9. The summed E-state index contributed by atoms with van der Waals surface area (Å²) in [7, 11) is 0. The fraction of sp³-hybridized carbons (Fsp3) is 0.600. The topological polar surface area (TPSA) is 104 Å². The van der Waals surface area contributed by atoms with Crippen molar-refractivity contribution in [2.45, 2.75) is 83.9 Å². The molecule has 0 spiro atoms. The second-order valence-electron chi connectivity index (χ2n) is 11.6. The molecule has 0 saturated heterocycles. The first-order valence-electron chi connectivity index (χ1n) is 14.7. The molecule has 4 bridgehead atoms. The number of benzene rings is 1. The quantitative estimate of drug-likeness (QED) is 0.398. The van der Waals surface area contributed by atoms with Crippen molar-refractivity contribution in [2.24, 2.45) is 0 Å². The number of carbonyl (C=O) groups excluding carboxylic acids is 1. The molecule has 0 saturated carbocycles. The Hall–Kier alpha value is -3.57. The number of nitrogens with zero attached hydrogens (tertiary/aromatic N) is 4. The van der Waals surface area contributed by atoms with E-state index in [1.165, 1.54) is 0 Å². The molecule has 0 fully saturated rings. The summed E-state index contributed by atoms with van der Waals surface area (Å²) in [5.41, 5.74) is 2.25. The number of halogens is 3. The van der Waals surface area contributed by atoms with Crippen LogP contribution in [0, 0.1) is 0 Å². The van der Waals surface area contributed by atoms with Crippen molar-refractivity contribution >= 4 is 17.7 Å². The van der Waals surface area contributed by atoms with Gasteiger partial charge in [0.05, 0.1) is 0 Å². The molecule has 2 amide bonds. The highest BCUT2D eigenvalue weighted by Crippen LogP contribution is 2.19. The molecule has 232 valence electrons. The number of alkyl halides is 3. The molecule has 0 aliphatic carbocycles. The maximum Gasteiger partial charge on any atom is 0.422 e. The van der Waals surface area contributed by atoms with E-state index in [1.54, 1.807) is 0 Å². The lowest BCUT2D eigenvalue weighted by Gasteiger charge is -2.28. The zero-order valence-corrected chi connectivity index (χ0v) is 24.9. The monoisotopic (exact) mass is 591 g/mol. The zero-order chi connectivity index (χ0) is 30.6. The summed E-state index contributed by atoms with van der Waals surface area (Å²) in [5.74, 6) is 0.506. The highest BCUT2D eigenvalue weighted by atomic mass is 19.4. The van der Waals surface area contributed by atoms with Crippen LogP contribution < -0.4 is 20.7 Å². The number of hydrogen-bond donors (Lipinski definition) is 3. The second kappa shape index (κ2) is 15.6. The van der Waals surface area contributed by atoms with Gasteiger partial charge in [0.15, 0.2) is 6.61 Å². The molecule has 2 aliphatic heterocycles. The first-order chi connectivity index (χ1) is 19.9. The molecular formula is C30H44F3N7O2. The molecule has 9 nitrogen and oxygen atoms in total. The van der Waals surface area contributed by atoms with E-state index in [-0.39, 0.29) is 23.5 Å². The number of rotatable bonds is 2. The van der Waals surface area contributed by atoms with Gasteiger partial charge in [-0.1, -0.05) is 56.5 Å². The second-order valence-corrected chi connectivity index (χ2v) is 11.6. The lowest BCUT2D eigenvalue weighted by molar-refractivity contribution is -0.154. The number of fused-ring (bicyclic) bond motifs is 16. The van der Waals surface area contributed by atoms with Crippen LogP contribution in [0.5, 0.6) is 6.01 Å². The van der Waals surface area contributed by atoms with Crippen LogP contribution in [0.3, 0.4) is 0 Å². The number of amides is 2. The van der Waals surface area contributed by atoms with Crippen molar-refractivity contribution in [3.05, 3.63) is 47.8 Å². The lowest BCUT2D eigenvalue weighted by atomic mass is 10.1. The van der Waals surface area contributed by atoms with Crippen LogP contribution in [0.25, 0.3) is 5.70 Å². The Labute approximate surface area is 246 Å². The number of ether oxygens (including phenoxy) is 1. The minimum absolute atomic E-state index is 0.0409. The van der Waals surface area contributed by atoms with Crippen molar-refractivity contribution in [2.75, 3.05) is 38.1 Å². The molecule has 1 aromatic heterocycles. The van der Waals surface area contributed by atoms with Crippen molar-refractivity contribution in [1.29, 1.82) is 0 Å². The van der Waals surface area contributed by atoms with E-state index in [0.717, 1.165) is 61.8 Å². The maximum atomic E-state index is 12.9. The third kappa shape index (κ3) is 12.5. The van der Waals surface area contributed by atoms with Crippen molar-refractivity contribution < 1.29 is 22.7 Å². The van der Waals surface area contributed by atoms with Gasteiger partial charge in [0.25, 0.3) is 0 Å². The van der Waals surface area contributed by atoms with Gasteiger partial charge in [-0.05, 0) is 51.2 Å². The third-order valence-corrected chi connectivity index (χ3v) is 6.54. The minimum Gasteiger partial charge on any atom is -0.454 e. The fourth-order valence-electron chi connectivity index (χ4n) is 4.43. The van der Waals surface area contributed by atoms with Gasteiger partial charge in [-0.3, -0.25) is 0 Å². The van der Waals surface area contributed by atoms with Gasteiger partial charge in [-0.2, -0.15) is 28.1 Å². The Morgan fingerprint density at radius 3 is 2.26 bits per heavy atom. The number of carbonyl (C=O) groups is 1. The molecule has 0 radical (unpaired) electrons. The Morgan fingerprint density at radius 1 is 0.929 bits per heavy atom. The fourth-order valence-corrected chi connectivity index (χ4v) is 4.43. The van der Waals surface area contributed by atoms with Gasteiger partial charge in [0, 0.05) is 43.8 Å². The Morgan fingerprint density at radius 2 is 1.57 bits per heavy atom. The van der Waals surface area contributed by atoms with Gasteiger partial charge >= 0.3 is 18.2 Å². The maximum absolute atomic E-state index is 12.9. The first-order valence-corrected chi connectivity index (χ1v) is 14.7. The van der Waals surface area contributed by atoms with Gasteiger partial charge in [0.1, 0.15) is 5.82 Å². The molecule has 1 aromatic carbocycles. The average Bonchev–Trinajstić information content (AvgIpc) is 2.90. The molecule has 42 heavy (non-hydrogen) atoms. The average molecular weight is 592 g/mol. The summed E-state index contributed by atoms with van der Waals surface area (Å²) < 4.78 is 43.1. The number of hydrogen-bond acceptors (Lipinski definition) is 7. The smallest absolute Gasteiger partial charge is 0.422 e. The van der Waals surface area contributed by atoms with Crippen molar-refractivity contribution in [3.8, 4) is 6.01 Å². The van der Waals surface area contributed by atoms with E-state index in [4.69, 9.17) is 4.74 Å². The van der Waals surface area contributed by atoms with Gasteiger partial charge in [-0.25, -0.2) is 4.79 Å². The van der Waals surface area contributed by atoms with Crippen LogP contribution in [-0.2, 0) is 6.42 Å². The Balaban J connectivity index is 1.70. The van der Waals surface area contributed by atoms with E-state index in [1.807, 2.05) is 49.9 Å². The summed E-state index contributed by atoms with van der Waals surface area (Å²) in [5, 5.41) is 9.54. The number of aromatic nitrogens is 3. The Kier molecular flexibility index (Phi) is 12.2. The number of anilines is 1. The van der Waals surface area contributed by atoms with Crippen LogP contribution in [0.15, 0.2) is 30.8 Å². The van der Waals surface area contributed by atoms with Gasteiger partial charge in [-0.15, -0.1) is 0 Å². The van der Waals surface area contributed by atoms with E-state index < -0.39 is 12.8 Å². The third-order valence-electron chi connectivity index (χ3n) is 6.54. The number of urea groups is 1. The van der Waals surface area contributed by atoms with Gasteiger partial charge < -0.3 is 25.6 Å². The van der Waals surface area contributed by atoms with E-state index in [2.05, 4.69) is 37.5 Å². The summed E-state index contributed by atoms with van der Waals surface area (Å²) in [6.45, 7) is 11.2. The normalized spacial score (nSPS) is 16.7. The van der Waals surface area contributed by atoms with Crippen LogP contribution in [0.1, 0.15) is 82.7 Å². The summed E-state index contributed by atoms with van der Waals surface area (Å²) >= 11 is 0. The molecule has 3 N–H and O–H groups in total. The van der Waals surface area contributed by atoms with E-state index in [9.17, 15) is 18.0 Å². The van der Waals surface area contributed by atoms with Crippen LogP contribution >= 0.6 is 0 Å². The molecule has 0 unspecified atom stereocenters. The van der Waals surface area contributed by atoms with Crippen molar-refractivity contribution in [1.82, 2.24) is 30.5 Å². The molecule has 3 heterocycles. The standard InChI is InChI=1S/C30H44F3N7O2/c1-22-24-14-12-23(13-15-24)20-25-36-26(38-27(37-25)42-21-30(31,32)33)35-16-9-7-5-6-8-10-18-40(19-11-17-34-22)28(41)39-29(2,3)4/h12-15,34H,1,5-11,16-21H2,2-4H3,(H,39,41)(H,35,36,37,38). The molecule has 2 aliphatic rings. The first kappa shape index (κ1) is 32.9. The summed E-state index contributed by atoms with van der Waals surface area (Å²) in [6.07, 6.45) is 2.47. The summed E-state index contributed by atoms with van der Waals surface area (Å²) in [6, 6.07) is 7.26. The Bertz CT molecular complexity index is 1150. The molecule has 12 heteroatoms. The SMILES string of the molecule is C=C1NCCCN(C(=O)NC(C)(C)C)CCCCCCCCNc2nc(nc(OCC(F)(F)F)n2)Cc2ccc1cc2.